The first-order chi connectivity index (χ1) is 10.1. The van der Waals surface area contributed by atoms with Crippen LogP contribution in [-0.4, -0.2) is 24.5 Å². The van der Waals surface area contributed by atoms with E-state index < -0.39 is 0 Å². The second-order valence-corrected chi connectivity index (χ2v) is 5.68. The molecule has 0 radical (unpaired) electrons. The number of aromatic nitrogens is 1. The summed E-state index contributed by atoms with van der Waals surface area (Å²) in [4.78, 5) is 16.3. The zero-order valence-electron chi connectivity index (χ0n) is 12.0. The number of thiazole rings is 1. The third-order valence-corrected chi connectivity index (χ3v) is 3.97. The monoisotopic (exact) mass is 361 g/mol. The molecule has 0 fully saturated rings. The highest BCUT2D eigenvalue weighted by Gasteiger charge is 2.11. The van der Waals surface area contributed by atoms with E-state index in [1.165, 1.54) is 11.3 Å². The van der Waals surface area contributed by atoms with Crippen LogP contribution >= 0.6 is 35.3 Å². The molecule has 5 nitrogen and oxygen atoms in total. The van der Waals surface area contributed by atoms with Gasteiger partial charge in [0.1, 0.15) is 11.4 Å². The van der Waals surface area contributed by atoms with Crippen molar-refractivity contribution in [2.45, 2.75) is 13.0 Å². The van der Waals surface area contributed by atoms with E-state index in [0.29, 0.717) is 36.0 Å². The number of rotatable bonds is 6. The van der Waals surface area contributed by atoms with Gasteiger partial charge in [-0.05, 0) is 24.7 Å². The van der Waals surface area contributed by atoms with Crippen molar-refractivity contribution in [3.8, 4) is 5.75 Å². The Morgan fingerprint density at radius 3 is 2.95 bits per heavy atom. The van der Waals surface area contributed by atoms with Crippen molar-refractivity contribution < 1.29 is 9.53 Å². The molecule has 120 valence electrons. The number of nitrogens with zero attached hydrogens (tertiary/aromatic N) is 1. The molecule has 1 aromatic carbocycles. The van der Waals surface area contributed by atoms with Gasteiger partial charge < -0.3 is 15.8 Å². The van der Waals surface area contributed by atoms with Gasteiger partial charge in [-0.2, -0.15) is 0 Å². The molecule has 0 aliphatic rings. The number of methoxy groups -OCH3 is 1. The Bertz CT molecular complexity index is 634. The Kier molecular flexibility index (Phi) is 7.61. The van der Waals surface area contributed by atoms with Crippen LogP contribution in [0, 0.1) is 0 Å². The van der Waals surface area contributed by atoms with Crippen molar-refractivity contribution in [2.75, 3.05) is 13.7 Å². The number of amides is 1. The first-order valence-corrected chi connectivity index (χ1v) is 7.65. The summed E-state index contributed by atoms with van der Waals surface area (Å²) in [6.45, 7) is 0.848. The molecule has 2 aromatic rings. The van der Waals surface area contributed by atoms with Crippen molar-refractivity contribution in [1.82, 2.24) is 10.3 Å². The third kappa shape index (κ3) is 4.84. The van der Waals surface area contributed by atoms with Crippen LogP contribution in [0.1, 0.15) is 21.1 Å². The van der Waals surface area contributed by atoms with Gasteiger partial charge in [-0.1, -0.05) is 11.6 Å². The minimum atomic E-state index is -0.225. The number of benzene rings is 1. The van der Waals surface area contributed by atoms with E-state index in [9.17, 15) is 4.79 Å². The van der Waals surface area contributed by atoms with Crippen LogP contribution in [0.2, 0.25) is 5.02 Å². The Morgan fingerprint density at radius 2 is 2.27 bits per heavy atom. The molecule has 1 aromatic heterocycles. The number of carbonyl (C=O) groups excluding carboxylic acids is 1. The fourth-order valence-electron chi connectivity index (χ4n) is 1.80. The lowest BCUT2D eigenvalue weighted by molar-refractivity contribution is 0.0946. The molecule has 0 aliphatic heterocycles. The minimum Gasteiger partial charge on any atom is -0.496 e. The zero-order chi connectivity index (χ0) is 15.2. The summed E-state index contributed by atoms with van der Waals surface area (Å²) in [7, 11) is 1.58. The lowest BCUT2D eigenvalue weighted by atomic mass is 10.2. The van der Waals surface area contributed by atoms with E-state index in [0.717, 1.165) is 10.6 Å². The molecule has 3 N–H and O–H groups in total. The highest BCUT2D eigenvalue weighted by atomic mass is 35.5. The third-order valence-electron chi connectivity index (χ3n) is 2.82. The minimum absolute atomic E-state index is 0. The first-order valence-electron chi connectivity index (χ1n) is 6.39. The fraction of sp³-hybridized carbons (Fsp3) is 0.286. The van der Waals surface area contributed by atoms with Crippen molar-refractivity contribution in [1.29, 1.82) is 0 Å². The lowest BCUT2D eigenvalue weighted by Gasteiger charge is -2.09. The van der Waals surface area contributed by atoms with Gasteiger partial charge >= 0.3 is 0 Å². The largest absolute Gasteiger partial charge is 0.496 e. The summed E-state index contributed by atoms with van der Waals surface area (Å²) in [5, 5.41) is 6.00. The SMILES string of the molecule is COc1ccc(Cl)cc1CNC(=O)c1csc(CCN)n1.Cl. The number of hydrogen-bond acceptors (Lipinski definition) is 5. The number of halogens is 2. The molecule has 0 unspecified atom stereocenters. The van der Waals surface area contributed by atoms with Crippen LogP contribution in [0.3, 0.4) is 0 Å². The Hall–Kier alpha value is -1.34. The maximum atomic E-state index is 12.0. The summed E-state index contributed by atoms with van der Waals surface area (Å²) in [5.74, 6) is 0.457. The van der Waals surface area contributed by atoms with Gasteiger partial charge in [-0.3, -0.25) is 4.79 Å². The number of ether oxygens (including phenoxy) is 1. The number of nitrogens with one attached hydrogen (secondary N) is 1. The summed E-state index contributed by atoms with van der Waals surface area (Å²) < 4.78 is 5.24. The number of nitrogens with two attached hydrogens (primary N) is 1. The van der Waals surface area contributed by atoms with Crippen LogP contribution in [0.25, 0.3) is 0 Å². The number of hydrogen-bond donors (Lipinski definition) is 2. The van der Waals surface area contributed by atoms with E-state index in [2.05, 4.69) is 10.3 Å². The summed E-state index contributed by atoms with van der Waals surface area (Å²) in [5.41, 5.74) is 6.69. The molecule has 0 saturated heterocycles. The fourth-order valence-corrected chi connectivity index (χ4v) is 2.79. The van der Waals surface area contributed by atoms with Crippen molar-refractivity contribution in [3.05, 3.63) is 44.9 Å². The van der Waals surface area contributed by atoms with Gasteiger partial charge in [0.25, 0.3) is 5.91 Å². The van der Waals surface area contributed by atoms with E-state index >= 15 is 0 Å². The smallest absolute Gasteiger partial charge is 0.271 e. The normalized spacial score (nSPS) is 9.95. The van der Waals surface area contributed by atoms with Gasteiger partial charge in [-0.25, -0.2) is 4.98 Å². The average molecular weight is 362 g/mol. The molecular formula is C14H17Cl2N3O2S. The van der Waals surface area contributed by atoms with Gasteiger partial charge in [0.05, 0.1) is 12.1 Å². The standard InChI is InChI=1S/C14H16ClN3O2S.ClH/c1-20-12-3-2-10(15)6-9(12)7-17-14(19)11-8-21-13(18-11)4-5-16;/h2-3,6,8H,4-5,7,16H2,1H3,(H,17,19);1H. The Balaban J connectivity index is 0.00000242. The predicted octanol–water partition coefficient (Wildman–Crippen LogP) is 2.66. The van der Waals surface area contributed by atoms with Crippen LogP contribution in [0.5, 0.6) is 5.75 Å². The highest BCUT2D eigenvalue weighted by Crippen LogP contribution is 2.22. The maximum absolute atomic E-state index is 12.0. The van der Waals surface area contributed by atoms with Crippen LogP contribution < -0.4 is 15.8 Å². The van der Waals surface area contributed by atoms with E-state index in [4.69, 9.17) is 22.1 Å². The van der Waals surface area contributed by atoms with Crippen molar-refractivity contribution >= 4 is 41.3 Å². The van der Waals surface area contributed by atoms with Gasteiger partial charge in [0.2, 0.25) is 0 Å². The summed E-state index contributed by atoms with van der Waals surface area (Å²) in [6.07, 6.45) is 0.681. The average Bonchev–Trinajstić information content (AvgIpc) is 2.94. The molecule has 8 heteroatoms. The molecule has 1 amide bonds. The highest BCUT2D eigenvalue weighted by molar-refractivity contribution is 7.09. The molecule has 0 bridgehead atoms. The topological polar surface area (TPSA) is 77.2 Å². The zero-order valence-corrected chi connectivity index (χ0v) is 14.4. The van der Waals surface area contributed by atoms with Crippen molar-refractivity contribution in [2.24, 2.45) is 5.73 Å². The second-order valence-electron chi connectivity index (χ2n) is 4.30. The Morgan fingerprint density at radius 1 is 1.50 bits per heavy atom. The van der Waals surface area contributed by atoms with Crippen LogP contribution in [-0.2, 0) is 13.0 Å². The molecule has 22 heavy (non-hydrogen) atoms. The number of carbonyl (C=O) groups is 1. The van der Waals surface area contributed by atoms with Crippen LogP contribution in [0.4, 0.5) is 0 Å². The molecule has 0 spiro atoms. The van der Waals surface area contributed by atoms with E-state index in [1.807, 2.05) is 0 Å². The quantitative estimate of drug-likeness (QED) is 0.828. The first kappa shape index (κ1) is 18.7. The summed E-state index contributed by atoms with van der Waals surface area (Å²) in [6, 6.07) is 5.28. The molecule has 0 atom stereocenters. The molecule has 0 saturated carbocycles. The molecule has 2 rings (SSSR count). The van der Waals surface area contributed by atoms with Gasteiger partial charge in [0.15, 0.2) is 0 Å². The lowest BCUT2D eigenvalue weighted by Crippen LogP contribution is -2.23. The molecule has 0 aliphatic carbocycles. The molecular weight excluding hydrogens is 345 g/mol. The van der Waals surface area contributed by atoms with Crippen LogP contribution in [0.15, 0.2) is 23.6 Å². The summed E-state index contributed by atoms with van der Waals surface area (Å²) >= 11 is 7.39. The second kappa shape index (κ2) is 8.95. The van der Waals surface area contributed by atoms with E-state index in [-0.39, 0.29) is 18.3 Å². The Labute approximate surface area is 144 Å². The van der Waals surface area contributed by atoms with Gasteiger partial charge in [-0.15, -0.1) is 23.7 Å². The van der Waals surface area contributed by atoms with Crippen molar-refractivity contribution in [3.63, 3.8) is 0 Å². The maximum Gasteiger partial charge on any atom is 0.271 e. The predicted molar refractivity (Wildman–Crippen MR) is 91.3 cm³/mol. The van der Waals surface area contributed by atoms with E-state index in [1.54, 1.807) is 30.7 Å². The van der Waals surface area contributed by atoms with Gasteiger partial charge in [0, 0.05) is 28.9 Å². The molecule has 1 heterocycles.